The fourth-order valence-corrected chi connectivity index (χ4v) is 1.88. The first-order chi connectivity index (χ1) is 7.33. The van der Waals surface area contributed by atoms with Crippen molar-refractivity contribution in [1.29, 1.82) is 0 Å². The molecule has 1 aromatic carbocycles. The molecule has 0 unspecified atom stereocenters. The summed E-state index contributed by atoms with van der Waals surface area (Å²) in [6.45, 7) is 2.58. The standard InChI is InChI=1S/C12H14OS2/c1-2-13-12(14)15-10-6-9-11-7-4-3-5-8-11/h3-9H,2,10H2,1H3. The van der Waals surface area contributed by atoms with Gasteiger partial charge in [0.2, 0.25) is 4.38 Å². The third-order valence-electron chi connectivity index (χ3n) is 1.67. The van der Waals surface area contributed by atoms with Crippen LogP contribution in [-0.2, 0) is 4.74 Å². The van der Waals surface area contributed by atoms with Crippen molar-refractivity contribution in [2.75, 3.05) is 12.4 Å². The van der Waals surface area contributed by atoms with Crippen LogP contribution in [0.4, 0.5) is 0 Å². The zero-order valence-corrected chi connectivity index (χ0v) is 10.3. The Bertz CT molecular complexity index is 320. The fraction of sp³-hybridized carbons (Fsp3) is 0.250. The summed E-state index contributed by atoms with van der Waals surface area (Å²) in [5.41, 5.74) is 1.21. The van der Waals surface area contributed by atoms with Gasteiger partial charge < -0.3 is 4.74 Å². The molecule has 0 radical (unpaired) electrons. The minimum atomic E-state index is 0.621. The lowest BCUT2D eigenvalue weighted by molar-refractivity contribution is 0.346. The molecular weight excluding hydrogens is 224 g/mol. The number of thioether (sulfide) groups is 1. The molecule has 0 bridgehead atoms. The Balaban J connectivity index is 2.26. The van der Waals surface area contributed by atoms with Gasteiger partial charge in [-0.15, -0.1) is 0 Å². The van der Waals surface area contributed by atoms with Crippen molar-refractivity contribution in [2.45, 2.75) is 6.92 Å². The predicted molar refractivity (Wildman–Crippen MR) is 72.2 cm³/mol. The SMILES string of the molecule is CCOC(=S)SCC=Cc1ccccc1. The third kappa shape index (κ3) is 5.60. The van der Waals surface area contributed by atoms with E-state index in [1.165, 1.54) is 5.56 Å². The van der Waals surface area contributed by atoms with E-state index in [-0.39, 0.29) is 0 Å². The van der Waals surface area contributed by atoms with Crippen LogP contribution in [0.5, 0.6) is 0 Å². The highest BCUT2D eigenvalue weighted by atomic mass is 32.2. The van der Waals surface area contributed by atoms with E-state index in [9.17, 15) is 0 Å². The van der Waals surface area contributed by atoms with Crippen molar-refractivity contribution >= 4 is 34.4 Å². The molecule has 0 aliphatic carbocycles. The smallest absolute Gasteiger partial charge is 0.220 e. The van der Waals surface area contributed by atoms with Crippen LogP contribution in [0.25, 0.3) is 6.08 Å². The second-order valence-electron chi connectivity index (χ2n) is 2.81. The first-order valence-corrected chi connectivity index (χ1v) is 6.23. The molecule has 15 heavy (non-hydrogen) atoms. The number of hydrogen-bond acceptors (Lipinski definition) is 3. The topological polar surface area (TPSA) is 9.23 Å². The first-order valence-electron chi connectivity index (χ1n) is 4.84. The average molecular weight is 238 g/mol. The minimum absolute atomic E-state index is 0.621. The van der Waals surface area contributed by atoms with Crippen LogP contribution in [0, 0.1) is 0 Å². The normalized spacial score (nSPS) is 10.5. The molecule has 0 saturated carbocycles. The average Bonchev–Trinajstić information content (AvgIpc) is 2.26. The highest BCUT2D eigenvalue weighted by Gasteiger charge is 1.93. The van der Waals surface area contributed by atoms with E-state index in [2.05, 4.69) is 24.3 Å². The summed E-state index contributed by atoms with van der Waals surface area (Å²) in [6, 6.07) is 10.2. The Morgan fingerprint density at radius 1 is 1.40 bits per heavy atom. The van der Waals surface area contributed by atoms with Crippen LogP contribution < -0.4 is 0 Å². The molecule has 1 aromatic rings. The second-order valence-corrected chi connectivity index (χ2v) is 4.43. The van der Waals surface area contributed by atoms with Crippen molar-refractivity contribution in [3.05, 3.63) is 42.0 Å². The maximum Gasteiger partial charge on any atom is 0.220 e. The predicted octanol–water partition coefficient (Wildman–Crippen LogP) is 3.75. The van der Waals surface area contributed by atoms with Crippen molar-refractivity contribution < 1.29 is 4.74 Å². The van der Waals surface area contributed by atoms with Crippen LogP contribution in [0.1, 0.15) is 12.5 Å². The summed E-state index contributed by atoms with van der Waals surface area (Å²) in [5.74, 6) is 0.855. The quantitative estimate of drug-likeness (QED) is 0.739. The number of hydrogen-bond donors (Lipinski definition) is 0. The van der Waals surface area contributed by atoms with Crippen LogP contribution in [0.3, 0.4) is 0 Å². The van der Waals surface area contributed by atoms with Gasteiger partial charge in [-0.05, 0) is 24.7 Å². The van der Waals surface area contributed by atoms with Gasteiger partial charge in [0, 0.05) is 5.75 Å². The van der Waals surface area contributed by atoms with E-state index in [1.807, 2.05) is 25.1 Å². The van der Waals surface area contributed by atoms with Crippen molar-refractivity contribution in [3.63, 3.8) is 0 Å². The molecule has 0 spiro atoms. The zero-order valence-electron chi connectivity index (χ0n) is 8.68. The van der Waals surface area contributed by atoms with Crippen molar-refractivity contribution in [2.24, 2.45) is 0 Å². The van der Waals surface area contributed by atoms with E-state index < -0.39 is 0 Å². The first kappa shape index (κ1) is 12.3. The molecule has 1 rings (SSSR count). The summed E-state index contributed by atoms with van der Waals surface area (Å²) >= 11 is 6.53. The Kier molecular flexibility index (Phi) is 6.12. The summed E-state index contributed by atoms with van der Waals surface area (Å²) in [7, 11) is 0. The molecule has 0 N–H and O–H groups in total. The number of ether oxygens (including phenoxy) is 1. The van der Waals surface area contributed by atoms with E-state index in [4.69, 9.17) is 17.0 Å². The molecule has 0 aliphatic heterocycles. The van der Waals surface area contributed by atoms with E-state index in [0.29, 0.717) is 11.0 Å². The Labute approximate surface area is 101 Å². The maximum absolute atomic E-state index is 5.15. The highest BCUT2D eigenvalue weighted by Crippen LogP contribution is 2.08. The summed E-state index contributed by atoms with van der Waals surface area (Å²) in [6.07, 6.45) is 4.17. The number of rotatable bonds is 4. The lowest BCUT2D eigenvalue weighted by Gasteiger charge is -2.00. The molecule has 3 heteroatoms. The van der Waals surface area contributed by atoms with Gasteiger partial charge in [-0.1, -0.05) is 54.2 Å². The summed E-state index contributed by atoms with van der Waals surface area (Å²) < 4.78 is 5.78. The highest BCUT2D eigenvalue weighted by molar-refractivity contribution is 8.22. The van der Waals surface area contributed by atoms with Gasteiger partial charge in [0.25, 0.3) is 0 Å². The van der Waals surface area contributed by atoms with Gasteiger partial charge in [0.1, 0.15) is 0 Å². The third-order valence-corrected chi connectivity index (χ3v) is 2.85. The molecule has 0 amide bonds. The molecule has 0 atom stereocenters. The van der Waals surface area contributed by atoms with E-state index >= 15 is 0 Å². The van der Waals surface area contributed by atoms with Gasteiger partial charge in [0.05, 0.1) is 6.61 Å². The molecule has 0 heterocycles. The molecule has 0 aromatic heterocycles. The Morgan fingerprint density at radius 2 is 2.13 bits per heavy atom. The largest absolute Gasteiger partial charge is 0.479 e. The summed E-state index contributed by atoms with van der Waals surface area (Å²) in [4.78, 5) is 0. The number of thiocarbonyl (C=S) groups is 1. The lowest BCUT2D eigenvalue weighted by atomic mass is 10.2. The van der Waals surface area contributed by atoms with Crippen LogP contribution in [0.2, 0.25) is 0 Å². The van der Waals surface area contributed by atoms with Crippen LogP contribution in [-0.4, -0.2) is 16.7 Å². The van der Waals surface area contributed by atoms with Crippen molar-refractivity contribution in [1.82, 2.24) is 0 Å². The van der Waals surface area contributed by atoms with Gasteiger partial charge in [0.15, 0.2) is 0 Å². The van der Waals surface area contributed by atoms with Crippen molar-refractivity contribution in [3.8, 4) is 0 Å². The van der Waals surface area contributed by atoms with Gasteiger partial charge >= 0.3 is 0 Å². The molecule has 0 fully saturated rings. The maximum atomic E-state index is 5.15. The molecule has 1 nitrogen and oxygen atoms in total. The molecule has 0 aliphatic rings. The Morgan fingerprint density at radius 3 is 2.80 bits per heavy atom. The zero-order chi connectivity index (χ0) is 10.9. The van der Waals surface area contributed by atoms with Crippen LogP contribution >= 0.6 is 24.0 Å². The molecule has 0 saturated heterocycles. The van der Waals surface area contributed by atoms with Gasteiger partial charge in [-0.2, -0.15) is 0 Å². The van der Waals surface area contributed by atoms with E-state index in [0.717, 1.165) is 5.75 Å². The van der Waals surface area contributed by atoms with E-state index in [1.54, 1.807) is 11.8 Å². The molecule has 80 valence electrons. The summed E-state index contributed by atoms with van der Waals surface area (Å²) in [5, 5.41) is 0. The monoisotopic (exact) mass is 238 g/mol. The van der Waals surface area contributed by atoms with Crippen LogP contribution in [0.15, 0.2) is 36.4 Å². The molecular formula is C12H14OS2. The lowest BCUT2D eigenvalue weighted by Crippen LogP contribution is -1.95. The number of benzene rings is 1. The minimum Gasteiger partial charge on any atom is -0.479 e. The Hall–Kier alpha value is -0.800. The van der Waals surface area contributed by atoms with Gasteiger partial charge in [-0.25, -0.2) is 0 Å². The second kappa shape index (κ2) is 7.49. The van der Waals surface area contributed by atoms with Gasteiger partial charge in [-0.3, -0.25) is 0 Å². The fourth-order valence-electron chi connectivity index (χ4n) is 1.02.